The van der Waals surface area contributed by atoms with Gasteiger partial charge in [0.2, 0.25) is 11.8 Å². The molecule has 5 rings (SSSR count). The van der Waals surface area contributed by atoms with Crippen LogP contribution in [0.15, 0.2) is 41.0 Å². The quantitative estimate of drug-likeness (QED) is 0.229. The Balaban J connectivity index is 1.45. The maximum absolute atomic E-state index is 13.5. The molecule has 0 bridgehead atoms. The largest absolute Gasteiger partial charge is 0.356 e. The minimum Gasteiger partial charge on any atom is -0.325 e. The van der Waals surface area contributed by atoms with Crippen LogP contribution in [0.2, 0.25) is 0 Å². The zero-order valence-electron chi connectivity index (χ0n) is 19.4. The number of carbonyl (C=O) groups is 3. The van der Waals surface area contributed by atoms with Gasteiger partial charge < -0.3 is 20.0 Å². The molecule has 188 valence electrons. The molecule has 3 heterocycles. The zero-order chi connectivity index (χ0) is 26.0. The van der Waals surface area contributed by atoms with E-state index in [0.717, 1.165) is 6.42 Å². The molecule has 1 aliphatic heterocycles. The standard InChI is InChI=1S/C23H23BrN5O6P/c1-12(30)21-14-7-6-13(36(33,34)35)8-15(14)28(27-21)11-20(31)29-16(9-23(2)10-17(23)29)22(32)26-19-5-3-4-18(24)25-19/h3-8,16-17H,9-11H2,1-2H3,(H,25,26,32)(H2,33,34,35)/t16-,17+,23-/m0/s1. The van der Waals surface area contributed by atoms with Gasteiger partial charge in [-0.1, -0.05) is 13.0 Å². The minimum atomic E-state index is -4.57. The lowest BCUT2D eigenvalue weighted by molar-refractivity contribution is -0.138. The highest BCUT2D eigenvalue weighted by atomic mass is 79.9. The number of likely N-dealkylation sites (tertiary alicyclic amines) is 1. The molecule has 3 N–H and O–H groups in total. The summed E-state index contributed by atoms with van der Waals surface area (Å²) >= 11 is 3.27. The molecule has 1 aromatic carbocycles. The molecule has 3 aromatic rings. The predicted octanol–water partition coefficient (Wildman–Crippen LogP) is 2.22. The van der Waals surface area contributed by atoms with Gasteiger partial charge in [0.15, 0.2) is 5.78 Å². The van der Waals surface area contributed by atoms with Crippen molar-refractivity contribution in [1.29, 1.82) is 0 Å². The van der Waals surface area contributed by atoms with Crippen molar-refractivity contribution in [3.8, 4) is 0 Å². The van der Waals surface area contributed by atoms with Crippen molar-refractivity contribution in [2.45, 2.75) is 45.3 Å². The first kappa shape index (κ1) is 24.8. The van der Waals surface area contributed by atoms with Crippen LogP contribution in [0.5, 0.6) is 0 Å². The van der Waals surface area contributed by atoms with Crippen molar-refractivity contribution in [1.82, 2.24) is 19.7 Å². The van der Waals surface area contributed by atoms with Crippen molar-refractivity contribution < 1.29 is 28.7 Å². The Bertz CT molecular complexity index is 1480. The lowest BCUT2D eigenvalue weighted by Crippen LogP contribution is -2.46. The Hall–Kier alpha value is -2.92. The number of benzene rings is 1. The van der Waals surface area contributed by atoms with Crippen LogP contribution < -0.4 is 10.6 Å². The fraction of sp³-hybridized carbons (Fsp3) is 0.348. The summed E-state index contributed by atoms with van der Waals surface area (Å²) in [6, 6.07) is 8.24. The molecule has 2 aliphatic rings. The summed E-state index contributed by atoms with van der Waals surface area (Å²) < 4.78 is 13.6. The molecule has 13 heteroatoms. The first-order valence-electron chi connectivity index (χ1n) is 11.2. The molecule has 2 aromatic heterocycles. The summed E-state index contributed by atoms with van der Waals surface area (Å²) in [4.78, 5) is 63.8. The van der Waals surface area contributed by atoms with Gasteiger partial charge in [0.05, 0.1) is 10.8 Å². The van der Waals surface area contributed by atoms with E-state index >= 15 is 0 Å². The number of pyridine rings is 1. The topological polar surface area (TPSA) is 155 Å². The summed E-state index contributed by atoms with van der Waals surface area (Å²) in [5.41, 5.74) is 0.196. The van der Waals surface area contributed by atoms with Crippen LogP contribution in [0.25, 0.3) is 10.9 Å². The molecule has 2 amide bonds. The van der Waals surface area contributed by atoms with E-state index in [1.54, 1.807) is 23.1 Å². The predicted molar refractivity (Wildman–Crippen MR) is 134 cm³/mol. The van der Waals surface area contributed by atoms with E-state index in [1.807, 2.05) is 6.92 Å². The molecule has 0 unspecified atom stereocenters. The van der Waals surface area contributed by atoms with Crippen molar-refractivity contribution in [2.75, 3.05) is 5.32 Å². The molecule has 11 nitrogen and oxygen atoms in total. The van der Waals surface area contributed by atoms with Crippen molar-refractivity contribution in [3.63, 3.8) is 0 Å². The lowest BCUT2D eigenvalue weighted by atomic mass is 10.0. The van der Waals surface area contributed by atoms with Gasteiger partial charge in [-0.05, 0) is 64.5 Å². The van der Waals surface area contributed by atoms with Gasteiger partial charge in [0.1, 0.15) is 28.7 Å². The van der Waals surface area contributed by atoms with Gasteiger partial charge in [-0.15, -0.1) is 0 Å². The highest BCUT2D eigenvalue weighted by Gasteiger charge is 2.64. The van der Waals surface area contributed by atoms with E-state index in [9.17, 15) is 28.7 Å². The van der Waals surface area contributed by atoms with Gasteiger partial charge >= 0.3 is 7.60 Å². The van der Waals surface area contributed by atoms with Crippen molar-refractivity contribution >= 4 is 63.1 Å². The molecule has 36 heavy (non-hydrogen) atoms. The second-order valence-corrected chi connectivity index (χ2v) is 12.0. The van der Waals surface area contributed by atoms with Crippen molar-refractivity contribution in [2.24, 2.45) is 5.41 Å². The summed E-state index contributed by atoms with van der Waals surface area (Å²) in [5, 5.41) is 7.20. The van der Waals surface area contributed by atoms with E-state index < -0.39 is 13.6 Å². The van der Waals surface area contributed by atoms with E-state index in [4.69, 9.17) is 0 Å². The van der Waals surface area contributed by atoms with Crippen LogP contribution in [-0.2, 0) is 20.7 Å². The number of piperidine rings is 1. The maximum atomic E-state index is 13.5. The molecule has 1 saturated carbocycles. The second-order valence-electron chi connectivity index (χ2n) is 9.54. The third-order valence-electron chi connectivity index (χ3n) is 6.88. The summed E-state index contributed by atoms with van der Waals surface area (Å²) in [6.45, 7) is 3.07. The number of nitrogens with zero attached hydrogens (tertiary/aromatic N) is 4. The van der Waals surface area contributed by atoms with E-state index in [2.05, 4.69) is 31.3 Å². The Kier molecular flexibility index (Phi) is 5.90. The Morgan fingerprint density at radius 1 is 1.22 bits per heavy atom. The minimum absolute atomic E-state index is 0.0998. The van der Waals surface area contributed by atoms with Gasteiger partial charge in [-0.2, -0.15) is 5.10 Å². The molecule has 3 atom stereocenters. The van der Waals surface area contributed by atoms with Gasteiger partial charge in [-0.25, -0.2) is 4.98 Å². The van der Waals surface area contributed by atoms with Crippen molar-refractivity contribution in [3.05, 3.63) is 46.7 Å². The smallest absolute Gasteiger partial charge is 0.325 e. The number of fused-ring (bicyclic) bond motifs is 2. The number of amides is 2. The average Bonchev–Trinajstić information content (AvgIpc) is 3.16. The first-order valence-corrected chi connectivity index (χ1v) is 13.6. The third-order valence-corrected chi connectivity index (χ3v) is 8.27. The van der Waals surface area contributed by atoms with Gasteiger partial charge in [-0.3, -0.25) is 23.6 Å². The number of anilines is 1. The number of aromatic nitrogens is 3. The maximum Gasteiger partial charge on any atom is 0.356 e. The number of halogens is 1. The Morgan fingerprint density at radius 3 is 2.64 bits per heavy atom. The van der Waals surface area contributed by atoms with Crippen LogP contribution in [0.3, 0.4) is 0 Å². The number of hydrogen-bond acceptors (Lipinski definition) is 6. The summed E-state index contributed by atoms with van der Waals surface area (Å²) in [6.07, 6.45) is 1.28. The van der Waals surface area contributed by atoms with Crippen LogP contribution in [0.4, 0.5) is 5.82 Å². The normalized spacial score (nSPS) is 23.0. The fourth-order valence-corrected chi connectivity index (χ4v) is 5.88. The summed E-state index contributed by atoms with van der Waals surface area (Å²) in [7, 11) is -4.57. The van der Waals surface area contributed by atoms with Crippen LogP contribution >= 0.6 is 23.5 Å². The van der Waals surface area contributed by atoms with Crippen LogP contribution in [0, 0.1) is 5.41 Å². The number of ketones is 1. The average molecular weight is 576 g/mol. The van der Waals surface area contributed by atoms with E-state index in [0.29, 0.717) is 22.2 Å². The highest BCUT2D eigenvalue weighted by Crippen LogP contribution is 2.59. The van der Waals surface area contributed by atoms with E-state index in [1.165, 1.54) is 29.8 Å². The Labute approximate surface area is 214 Å². The molecular formula is C23H23BrN5O6P. The number of nitrogens with one attached hydrogen (secondary N) is 1. The molecular weight excluding hydrogens is 553 g/mol. The number of hydrogen-bond donors (Lipinski definition) is 3. The van der Waals surface area contributed by atoms with Gasteiger partial charge in [0.25, 0.3) is 0 Å². The molecule has 0 radical (unpaired) electrons. The lowest BCUT2D eigenvalue weighted by Gasteiger charge is -2.26. The molecule has 1 aliphatic carbocycles. The highest BCUT2D eigenvalue weighted by molar-refractivity contribution is 9.10. The SMILES string of the molecule is CC(=O)c1nn(CC(=O)N2[C@H](C(=O)Nc3cccc(Br)n3)C[C@@]3(C)C[C@@H]23)c2cc(P(=O)(O)O)ccc12. The van der Waals surface area contributed by atoms with Crippen LogP contribution in [0.1, 0.15) is 37.2 Å². The number of Topliss-reactive ketones (excluding diaryl/α,β-unsaturated/α-hetero) is 1. The molecule has 2 fully saturated rings. The fourth-order valence-electron chi connectivity index (χ4n) is 4.98. The monoisotopic (exact) mass is 575 g/mol. The first-order chi connectivity index (χ1) is 16.9. The number of rotatable bonds is 6. The molecule has 1 saturated heterocycles. The molecule has 0 spiro atoms. The number of carbonyl (C=O) groups excluding carboxylic acids is 3. The second kappa shape index (κ2) is 8.58. The summed E-state index contributed by atoms with van der Waals surface area (Å²) in [5.74, 6) is -0.697. The third kappa shape index (κ3) is 4.39. The van der Waals surface area contributed by atoms with E-state index in [-0.39, 0.29) is 52.1 Å². The van der Waals surface area contributed by atoms with Gasteiger partial charge in [0, 0.05) is 18.4 Å². The zero-order valence-corrected chi connectivity index (χ0v) is 21.9. The Morgan fingerprint density at radius 2 is 1.97 bits per heavy atom. The van der Waals surface area contributed by atoms with Crippen LogP contribution in [-0.4, -0.2) is 59.1 Å².